The summed E-state index contributed by atoms with van der Waals surface area (Å²) in [6, 6.07) is 5.34. The second kappa shape index (κ2) is 4.10. The van der Waals surface area contributed by atoms with Crippen molar-refractivity contribution in [2.24, 2.45) is 0 Å². The molecule has 0 fully saturated rings. The molecular formula is C12H10N2O2. The number of rotatable bonds is 2. The summed E-state index contributed by atoms with van der Waals surface area (Å²) in [5.74, 6) is -0.984. The topological polar surface area (TPSA) is 63.1 Å². The summed E-state index contributed by atoms with van der Waals surface area (Å²) in [5.41, 5.74) is 2.69. The Morgan fingerprint density at radius 1 is 1.31 bits per heavy atom. The molecular weight excluding hydrogens is 204 g/mol. The van der Waals surface area contributed by atoms with Gasteiger partial charge in [-0.25, -0.2) is 4.79 Å². The number of carboxylic acids is 1. The summed E-state index contributed by atoms with van der Waals surface area (Å²) in [5, 5.41) is 8.85. The quantitative estimate of drug-likeness (QED) is 0.831. The van der Waals surface area contributed by atoms with Crippen LogP contribution in [0.2, 0.25) is 0 Å². The first-order valence-electron chi connectivity index (χ1n) is 4.78. The van der Waals surface area contributed by atoms with Gasteiger partial charge in [0.1, 0.15) is 0 Å². The van der Waals surface area contributed by atoms with Crippen LogP contribution >= 0.6 is 0 Å². The van der Waals surface area contributed by atoms with Crippen molar-refractivity contribution in [1.82, 2.24) is 9.97 Å². The van der Waals surface area contributed by atoms with E-state index in [-0.39, 0.29) is 5.56 Å². The fourth-order valence-electron chi connectivity index (χ4n) is 1.39. The molecule has 80 valence electrons. The number of hydrogen-bond donors (Lipinski definition) is 1. The number of carbonyl (C=O) groups is 1. The number of aryl methyl sites for hydroxylation is 1. The van der Waals surface area contributed by atoms with Gasteiger partial charge in [0, 0.05) is 24.2 Å². The van der Waals surface area contributed by atoms with Gasteiger partial charge in [-0.15, -0.1) is 0 Å². The fraction of sp³-hybridized carbons (Fsp3) is 0.0833. The highest BCUT2D eigenvalue weighted by molar-refractivity contribution is 5.88. The first-order chi connectivity index (χ1) is 7.66. The van der Waals surface area contributed by atoms with E-state index in [1.54, 1.807) is 18.5 Å². The van der Waals surface area contributed by atoms with Gasteiger partial charge in [-0.1, -0.05) is 0 Å². The molecule has 2 aromatic rings. The monoisotopic (exact) mass is 214 g/mol. The third-order valence-electron chi connectivity index (χ3n) is 2.20. The summed E-state index contributed by atoms with van der Waals surface area (Å²) in [7, 11) is 0. The highest BCUT2D eigenvalue weighted by Gasteiger charge is 2.06. The van der Waals surface area contributed by atoms with Gasteiger partial charge in [-0.3, -0.25) is 9.97 Å². The van der Waals surface area contributed by atoms with E-state index < -0.39 is 5.97 Å². The molecule has 0 saturated heterocycles. The maximum absolute atomic E-state index is 10.8. The molecule has 2 rings (SSSR count). The van der Waals surface area contributed by atoms with Gasteiger partial charge in [-0.2, -0.15) is 0 Å². The minimum Gasteiger partial charge on any atom is -0.478 e. The van der Waals surface area contributed by atoms with Crippen molar-refractivity contribution in [1.29, 1.82) is 0 Å². The highest BCUT2D eigenvalue weighted by Crippen LogP contribution is 2.17. The van der Waals surface area contributed by atoms with Gasteiger partial charge in [0.25, 0.3) is 0 Å². The molecule has 2 aromatic heterocycles. The van der Waals surface area contributed by atoms with Crippen molar-refractivity contribution < 1.29 is 9.90 Å². The zero-order valence-electron chi connectivity index (χ0n) is 8.71. The largest absolute Gasteiger partial charge is 0.478 e. The second-order valence-corrected chi connectivity index (χ2v) is 3.49. The molecule has 0 amide bonds. The van der Waals surface area contributed by atoms with Gasteiger partial charge < -0.3 is 5.11 Å². The molecule has 0 radical (unpaired) electrons. The van der Waals surface area contributed by atoms with Crippen LogP contribution in [-0.4, -0.2) is 21.0 Å². The molecule has 4 nitrogen and oxygen atoms in total. The predicted molar refractivity (Wildman–Crippen MR) is 59.2 cm³/mol. The first kappa shape index (κ1) is 10.3. The number of carboxylic acid groups (broad SMARTS) is 1. The van der Waals surface area contributed by atoms with E-state index >= 15 is 0 Å². The molecule has 4 heteroatoms. The molecule has 0 saturated carbocycles. The average Bonchev–Trinajstić information content (AvgIpc) is 2.29. The second-order valence-electron chi connectivity index (χ2n) is 3.49. The Kier molecular flexibility index (Phi) is 2.64. The Hall–Kier alpha value is -2.23. The SMILES string of the molecule is Cc1ccnc(-c2cncc(C(=O)O)c2)c1. The summed E-state index contributed by atoms with van der Waals surface area (Å²) in [6.07, 6.45) is 4.62. The van der Waals surface area contributed by atoms with Crippen LogP contribution in [0, 0.1) is 6.92 Å². The fourth-order valence-corrected chi connectivity index (χ4v) is 1.39. The summed E-state index contributed by atoms with van der Waals surface area (Å²) in [4.78, 5) is 18.9. The molecule has 16 heavy (non-hydrogen) atoms. The zero-order chi connectivity index (χ0) is 11.5. The van der Waals surface area contributed by atoms with Crippen molar-refractivity contribution >= 4 is 5.97 Å². The first-order valence-corrected chi connectivity index (χ1v) is 4.78. The molecule has 0 aliphatic carbocycles. The van der Waals surface area contributed by atoms with Crippen LogP contribution < -0.4 is 0 Å². The van der Waals surface area contributed by atoms with Crippen LogP contribution in [0.5, 0.6) is 0 Å². The molecule has 2 heterocycles. The van der Waals surface area contributed by atoms with Gasteiger partial charge in [-0.05, 0) is 30.7 Å². The number of aromatic nitrogens is 2. The molecule has 1 N–H and O–H groups in total. The van der Waals surface area contributed by atoms with Crippen molar-refractivity contribution in [3.8, 4) is 11.3 Å². The van der Waals surface area contributed by atoms with Crippen molar-refractivity contribution in [2.45, 2.75) is 6.92 Å². The number of nitrogens with zero attached hydrogens (tertiary/aromatic N) is 2. The van der Waals surface area contributed by atoms with Crippen LogP contribution in [0.15, 0.2) is 36.8 Å². The van der Waals surface area contributed by atoms with E-state index in [2.05, 4.69) is 9.97 Å². The standard InChI is InChI=1S/C12H10N2O2/c1-8-2-3-14-11(4-8)9-5-10(12(15)16)7-13-6-9/h2-7H,1H3,(H,15,16). The zero-order valence-corrected chi connectivity index (χ0v) is 8.71. The normalized spacial score (nSPS) is 10.1. The Morgan fingerprint density at radius 3 is 2.81 bits per heavy atom. The average molecular weight is 214 g/mol. The van der Waals surface area contributed by atoms with Gasteiger partial charge >= 0.3 is 5.97 Å². The van der Waals surface area contributed by atoms with E-state index in [1.165, 1.54) is 6.20 Å². The maximum atomic E-state index is 10.8. The van der Waals surface area contributed by atoms with E-state index in [0.29, 0.717) is 5.56 Å². The van der Waals surface area contributed by atoms with E-state index in [4.69, 9.17) is 5.11 Å². The lowest BCUT2D eigenvalue weighted by Gasteiger charge is -2.02. The minimum absolute atomic E-state index is 0.167. The van der Waals surface area contributed by atoms with Gasteiger partial charge in [0.15, 0.2) is 0 Å². The van der Waals surface area contributed by atoms with Crippen LogP contribution in [0.1, 0.15) is 15.9 Å². The van der Waals surface area contributed by atoms with E-state index in [1.807, 2.05) is 19.1 Å². The molecule has 0 aromatic carbocycles. The summed E-state index contributed by atoms with van der Waals surface area (Å²) < 4.78 is 0. The Labute approximate surface area is 92.6 Å². The molecule has 0 unspecified atom stereocenters. The molecule has 0 aliphatic rings. The molecule has 0 atom stereocenters. The van der Waals surface area contributed by atoms with E-state index in [9.17, 15) is 4.79 Å². The maximum Gasteiger partial charge on any atom is 0.337 e. The summed E-state index contributed by atoms with van der Waals surface area (Å²) in [6.45, 7) is 1.96. The highest BCUT2D eigenvalue weighted by atomic mass is 16.4. The lowest BCUT2D eigenvalue weighted by Crippen LogP contribution is -1.97. The van der Waals surface area contributed by atoms with Crippen molar-refractivity contribution in [2.75, 3.05) is 0 Å². The lowest BCUT2D eigenvalue weighted by atomic mass is 10.1. The Balaban J connectivity index is 2.48. The number of aromatic carboxylic acids is 1. The minimum atomic E-state index is -0.984. The number of hydrogen-bond acceptors (Lipinski definition) is 3. The Morgan fingerprint density at radius 2 is 2.12 bits per heavy atom. The molecule has 0 spiro atoms. The smallest absolute Gasteiger partial charge is 0.337 e. The van der Waals surface area contributed by atoms with E-state index in [0.717, 1.165) is 11.3 Å². The van der Waals surface area contributed by atoms with Crippen molar-refractivity contribution in [3.63, 3.8) is 0 Å². The van der Waals surface area contributed by atoms with Gasteiger partial charge in [0.2, 0.25) is 0 Å². The number of pyridine rings is 2. The third-order valence-corrected chi connectivity index (χ3v) is 2.20. The van der Waals surface area contributed by atoms with Gasteiger partial charge in [0.05, 0.1) is 11.3 Å². The summed E-state index contributed by atoms with van der Waals surface area (Å²) >= 11 is 0. The van der Waals surface area contributed by atoms with Crippen molar-refractivity contribution in [3.05, 3.63) is 47.9 Å². The van der Waals surface area contributed by atoms with Crippen LogP contribution in [0.3, 0.4) is 0 Å². The third kappa shape index (κ3) is 2.06. The molecule has 0 aliphatic heterocycles. The lowest BCUT2D eigenvalue weighted by molar-refractivity contribution is 0.0696. The van der Waals surface area contributed by atoms with Crippen LogP contribution in [0.25, 0.3) is 11.3 Å². The van der Waals surface area contributed by atoms with Crippen LogP contribution in [0.4, 0.5) is 0 Å². The van der Waals surface area contributed by atoms with Crippen LogP contribution in [-0.2, 0) is 0 Å². The Bertz CT molecular complexity index is 538. The predicted octanol–water partition coefficient (Wildman–Crippen LogP) is 2.15. The molecule has 0 bridgehead atoms.